The van der Waals surface area contributed by atoms with Crippen LogP contribution >= 0.6 is 11.6 Å². The van der Waals surface area contributed by atoms with Crippen molar-refractivity contribution in [2.75, 3.05) is 5.88 Å². The van der Waals surface area contributed by atoms with Crippen molar-refractivity contribution in [1.29, 1.82) is 5.26 Å². The molecule has 1 aromatic rings. The number of Topliss-reactive ketones (excluding diaryl/α,β-unsaturated/α-hetero) is 1. The average molecular weight is 212 g/mol. The van der Waals surface area contributed by atoms with E-state index in [-0.39, 0.29) is 23.6 Å². The molecule has 0 aromatic heterocycles. The van der Waals surface area contributed by atoms with E-state index in [4.69, 9.17) is 16.9 Å². The van der Waals surface area contributed by atoms with Gasteiger partial charge in [0, 0.05) is 6.42 Å². The van der Waals surface area contributed by atoms with Crippen LogP contribution in [0.15, 0.2) is 18.2 Å². The van der Waals surface area contributed by atoms with E-state index in [9.17, 15) is 9.18 Å². The van der Waals surface area contributed by atoms with E-state index >= 15 is 0 Å². The van der Waals surface area contributed by atoms with E-state index in [0.29, 0.717) is 5.56 Å². The second-order valence-corrected chi connectivity index (χ2v) is 3.03. The maximum Gasteiger partial charge on any atom is 0.152 e. The van der Waals surface area contributed by atoms with Crippen molar-refractivity contribution in [3.8, 4) is 6.07 Å². The molecule has 0 aliphatic carbocycles. The Bertz CT molecular complexity index is 398. The average Bonchev–Trinajstić information content (AvgIpc) is 2.21. The van der Waals surface area contributed by atoms with Crippen LogP contribution in [0.3, 0.4) is 0 Å². The highest BCUT2D eigenvalue weighted by Crippen LogP contribution is 2.11. The molecule has 0 spiro atoms. The number of nitrogens with zero attached hydrogens (tertiary/aromatic N) is 1. The molecule has 0 saturated heterocycles. The van der Waals surface area contributed by atoms with Crippen LogP contribution in [0.2, 0.25) is 0 Å². The number of benzene rings is 1. The number of ketones is 1. The summed E-state index contributed by atoms with van der Waals surface area (Å²) in [5.41, 5.74) is 0.554. The number of halogens is 2. The summed E-state index contributed by atoms with van der Waals surface area (Å²) < 4.78 is 13.1. The first kappa shape index (κ1) is 10.7. The number of carbonyl (C=O) groups is 1. The molecule has 0 N–H and O–H groups in total. The minimum Gasteiger partial charge on any atom is -0.298 e. The predicted octanol–water partition coefficient (Wildman–Crippen LogP) is 2.05. The van der Waals surface area contributed by atoms with Gasteiger partial charge < -0.3 is 0 Å². The zero-order valence-corrected chi connectivity index (χ0v) is 8.01. The number of hydrogen-bond donors (Lipinski definition) is 0. The summed E-state index contributed by atoms with van der Waals surface area (Å²) in [5, 5.41) is 8.56. The van der Waals surface area contributed by atoms with E-state index in [1.54, 1.807) is 0 Å². The highest BCUT2D eigenvalue weighted by Gasteiger charge is 2.08. The van der Waals surface area contributed by atoms with E-state index in [1.165, 1.54) is 18.2 Å². The predicted molar refractivity (Wildman–Crippen MR) is 50.5 cm³/mol. The van der Waals surface area contributed by atoms with Crippen molar-refractivity contribution in [1.82, 2.24) is 0 Å². The maximum atomic E-state index is 13.1. The number of carbonyl (C=O) groups excluding carboxylic acids is 1. The van der Waals surface area contributed by atoms with E-state index in [2.05, 4.69) is 0 Å². The van der Waals surface area contributed by atoms with Gasteiger partial charge in [0.2, 0.25) is 0 Å². The molecule has 1 rings (SSSR count). The lowest BCUT2D eigenvalue weighted by atomic mass is 10.1. The van der Waals surface area contributed by atoms with Gasteiger partial charge in [-0.25, -0.2) is 4.39 Å². The Hall–Kier alpha value is -1.40. The molecule has 14 heavy (non-hydrogen) atoms. The lowest BCUT2D eigenvalue weighted by Crippen LogP contribution is -2.05. The second-order valence-electron chi connectivity index (χ2n) is 2.77. The monoisotopic (exact) mass is 211 g/mol. The van der Waals surface area contributed by atoms with Crippen LogP contribution < -0.4 is 0 Å². The topological polar surface area (TPSA) is 40.9 Å². The first-order valence-electron chi connectivity index (χ1n) is 3.93. The standard InChI is InChI=1S/C10H7ClFNO/c11-5-9(14)4-8-3-7(6-13)1-2-10(8)12/h1-3H,4-5H2. The first-order chi connectivity index (χ1) is 6.67. The largest absolute Gasteiger partial charge is 0.298 e. The van der Waals surface area contributed by atoms with Gasteiger partial charge in [0.15, 0.2) is 5.78 Å². The van der Waals surface area contributed by atoms with Crippen molar-refractivity contribution < 1.29 is 9.18 Å². The summed E-state index contributed by atoms with van der Waals surface area (Å²) in [7, 11) is 0. The molecule has 0 fully saturated rings. The number of alkyl halides is 1. The van der Waals surface area contributed by atoms with Gasteiger partial charge in [0.1, 0.15) is 5.82 Å². The molecule has 0 atom stereocenters. The molecule has 0 heterocycles. The second kappa shape index (κ2) is 4.73. The zero-order chi connectivity index (χ0) is 10.6. The fraction of sp³-hybridized carbons (Fsp3) is 0.200. The third kappa shape index (κ3) is 2.54. The smallest absolute Gasteiger partial charge is 0.152 e. The molecule has 0 aliphatic rings. The van der Waals surface area contributed by atoms with Gasteiger partial charge in [-0.1, -0.05) is 0 Å². The number of hydrogen-bond acceptors (Lipinski definition) is 2. The molecule has 0 saturated carbocycles. The molecule has 1 aromatic carbocycles. The molecule has 0 radical (unpaired) electrons. The Kier molecular flexibility index (Phi) is 3.61. The van der Waals surface area contributed by atoms with E-state index in [1.807, 2.05) is 6.07 Å². The van der Waals surface area contributed by atoms with E-state index in [0.717, 1.165) is 0 Å². The zero-order valence-electron chi connectivity index (χ0n) is 7.26. The molecule has 2 nitrogen and oxygen atoms in total. The van der Waals surface area contributed by atoms with Gasteiger partial charge in [0.25, 0.3) is 0 Å². The fourth-order valence-electron chi connectivity index (χ4n) is 1.04. The van der Waals surface area contributed by atoms with Gasteiger partial charge in [-0.05, 0) is 23.8 Å². The maximum absolute atomic E-state index is 13.1. The number of nitriles is 1. The van der Waals surface area contributed by atoms with Crippen LogP contribution in [0, 0.1) is 17.1 Å². The summed E-state index contributed by atoms with van der Waals surface area (Å²) in [4.78, 5) is 11.0. The molecule has 0 aliphatic heterocycles. The third-order valence-electron chi connectivity index (χ3n) is 1.71. The Morgan fingerprint density at radius 3 is 2.86 bits per heavy atom. The van der Waals surface area contributed by atoms with Crippen LogP contribution in [0.4, 0.5) is 4.39 Å². The minimum absolute atomic E-state index is 0.0646. The van der Waals surface area contributed by atoms with Crippen LogP contribution in [0.5, 0.6) is 0 Å². The molecule has 72 valence electrons. The molecule has 4 heteroatoms. The molecule has 0 unspecified atom stereocenters. The summed E-state index contributed by atoms with van der Waals surface area (Å²) in [6.45, 7) is 0. The van der Waals surface area contributed by atoms with Crippen LogP contribution in [0.25, 0.3) is 0 Å². The van der Waals surface area contributed by atoms with Gasteiger partial charge in [0.05, 0.1) is 17.5 Å². The number of rotatable bonds is 3. The summed E-state index contributed by atoms with van der Waals surface area (Å²) >= 11 is 5.29. The Balaban J connectivity index is 2.96. The van der Waals surface area contributed by atoms with Crippen LogP contribution in [0.1, 0.15) is 11.1 Å². The van der Waals surface area contributed by atoms with Crippen molar-refractivity contribution >= 4 is 17.4 Å². The van der Waals surface area contributed by atoms with Gasteiger partial charge in [-0.3, -0.25) is 4.79 Å². The third-order valence-corrected chi connectivity index (χ3v) is 2.01. The summed E-state index contributed by atoms with van der Waals surface area (Å²) in [5.74, 6) is -0.890. The first-order valence-corrected chi connectivity index (χ1v) is 4.47. The highest BCUT2D eigenvalue weighted by atomic mass is 35.5. The lowest BCUT2D eigenvalue weighted by molar-refractivity contribution is -0.116. The van der Waals surface area contributed by atoms with Crippen LogP contribution in [-0.4, -0.2) is 11.7 Å². The molecule has 0 bridgehead atoms. The normalized spacial score (nSPS) is 9.50. The fourth-order valence-corrected chi connectivity index (χ4v) is 1.13. The van der Waals surface area contributed by atoms with Crippen LogP contribution in [-0.2, 0) is 11.2 Å². The Morgan fingerprint density at radius 1 is 1.57 bits per heavy atom. The summed E-state index contributed by atoms with van der Waals surface area (Å²) in [6.07, 6.45) is -0.0646. The highest BCUT2D eigenvalue weighted by molar-refractivity contribution is 6.27. The van der Waals surface area contributed by atoms with Crippen molar-refractivity contribution in [2.24, 2.45) is 0 Å². The molecular formula is C10H7ClFNO. The quantitative estimate of drug-likeness (QED) is 0.718. The van der Waals surface area contributed by atoms with Crippen molar-refractivity contribution in [2.45, 2.75) is 6.42 Å². The van der Waals surface area contributed by atoms with E-state index < -0.39 is 5.82 Å². The van der Waals surface area contributed by atoms with Crippen molar-refractivity contribution in [3.05, 3.63) is 35.1 Å². The van der Waals surface area contributed by atoms with Crippen molar-refractivity contribution in [3.63, 3.8) is 0 Å². The van der Waals surface area contributed by atoms with Gasteiger partial charge in [-0.15, -0.1) is 11.6 Å². The van der Waals surface area contributed by atoms with Gasteiger partial charge in [-0.2, -0.15) is 5.26 Å². The molecule has 0 amide bonds. The molecular weight excluding hydrogens is 205 g/mol. The SMILES string of the molecule is N#Cc1ccc(F)c(CC(=O)CCl)c1. The lowest BCUT2D eigenvalue weighted by Gasteiger charge is -2.00. The Morgan fingerprint density at radius 2 is 2.29 bits per heavy atom. The summed E-state index contributed by atoms with van der Waals surface area (Å²) in [6, 6.07) is 5.78. The van der Waals surface area contributed by atoms with Gasteiger partial charge >= 0.3 is 0 Å². The Labute approximate surface area is 85.9 Å². The minimum atomic E-state index is -0.484.